The average molecular weight is 432 g/mol. The van der Waals surface area contributed by atoms with Gasteiger partial charge in [0.25, 0.3) is 0 Å². The molecule has 4 aliphatic carbocycles. The van der Waals surface area contributed by atoms with Gasteiger partial charge in [0, 0.05) is 5.41 Å². The van der Waals surface area contributed by atoms with Crippen molar-refractivity contribution in [1.29, 1.82) is 5.26 Å². The van der Waals surface area contributed by atoms with E-state index < -0.39 is 13.9 Å². The number of rotatable bonds is 3. The van der Waals surface area contributed by atoms with Gasteiger partial charge in [-0.2, -0.15) is 5.26 Å². The van der Waals surface area contributed by atoms with E-state index >= 15 is 0 Å². The molecule has 4 aliphatic rings. The molecule has 0 aliphatic heterocycles. The van der Waals surface area contributed by atoms with Gasteiger partial charge in [0.1, 0.15) is 5.60 Å². The molecule has 0 radical (unpaired) electrons. The van der Waals surface area contributed by atoms with Crippen LogP contribution in [0.5, 0.6) is 0 Å². The fourth-order valence-electron chi connectivity index (χ4n) is 8.75. The molecule has 0 unspecified atom stereocenters. The number of carbonyl (C=O) groups excluding carboxylic acids is 1. The van der Waals surface area contributed by atoms with Crippen molar-refractivity contribution >= 4 is 14.3 Å². The van der Waals surface area contributed by atoms with Gasteiger partial charge in [0.05, 0.1) is 19.1 Å². The van der Waals surface area contributed by atoms with E-state index in [1.165, 1.54) is 19.3 Å². The Morgan fingerprint density at radius 2 is 1.67 bits per heavy atom. The van der Waals surface area contributed by atoms with Crippen molar-refractivity contribution < 1.29 is 14.0 Å². The summed E-state index contributed by atoms with van der Waals surface area (Å²) in [5, 5.41) is 10.3. The normalized spacial score (nSPS) is 48.1. The molecular formula is C25H41NO3Si. The second kappa shape index (κ2) is 7.34. The van der Waals surface area contributed by atoms with Crippen molar-refractivity contribution in [2.45, 2.75) is 96.9 Å². The summed E-state index contributed by atoms with van der Waals surface area (Å²) in [5.74, 6) is 2.47. The number of hydrogen-bond donors (Lipinski definition) is 0. The Balaban J connectivity index is 1.64. The van der Waals surface area contributed by atoms with Gasteiger partial charge >= 0.3 is 5.97 Å². The van der Waals surface area contributed by atoms with E-state index in [9.17, 15) is 10.1 Å². The molecule has 0 saturated heterocycles. The first-order valence-electron chi connectivity index (χ1n) is 12.2. The van der Waals surface area contributed by atoms with E-state index in [1.807, 2.05) is 0 Å². The van der Waals surface area contributed by atoms with Crippen molar-refractivity contribution in [2.75, 3.05) is 7.11 Å². The van der Waals surface area contributed by atoms with Crippen molar-refractivity contribution in [3.05, 3.63) is 0 Å². The van der Waals surface area contributed by atoms with Gasteiger partial charge in [-0.05, 0) is 100 Å². The third-order valence-corrected chi connectivity index (χ3v) is 10.9. The van der Waals surface area contributed by atoms with Gasteiger partial charge in [-0.15, -0.1) is 0 Å². The van der Waals surface area contributed by atoms with Crippen LogP contribution in [0.3, 0.4) is 0 Å². The number of fused-ring (bicyclic) bond motifs is 5. The van der Waals surface area contributed by atoms with Crippen LogP contribution < -0.4 is 0 Å². The van der Waals surface area contributed by atoms with Gasteiger partial charge in [0.2, 0.25) is 0 Å². The summed E-state index contributed by atoms with van der Waals surface area (Å²) < 4.78 is 11.9. The zero-order chi connectivity index (χ0) is 21.9. The highest BCUT2D eigenvalue weighted by molar-refractivity contribution is 6.69. The molecular weight excluding hydrogens is 390 g/mol. The van der Waals surface area contributed by atoms with Crippen LogP contribution in [0, 0.1) is 51.8 Å². The zero-order valence-electron chi connectivity index (χ0n) is 19.9. The minimum absolute atomic E-state index is 0.0120. The molecule has 0 aromatic heterocycles. The van der Waals surface area contributed by atoms with Crippen LogP contribution in [0.15, 0.2) is 0 Å². The van der Waals surface area contributed by atoms with Crippen molar-refractivity contribution in [3.63, 3.8) is 0 Å². The predicted molar refractivity (Wildman–Crippen MR) is 120 cm³/mol. The molecule has 0 aromatic rings. The number of hydrogen-bond acceptors (Lipinski definition) is 4. The Kier molecular flexibility index (Phi) is 5.46. The predicted octanol–water partition coefficient (Wildman–Crippen LogP) is 5.93. The van der Waals surface area contributed by atoms with Crippen molar-refractivity contribution in [1.82, 2.24) is 0 Å². The van der Waals surface area contributed by atoms with E-state index in [0.29, 0.717) is 23.7 Å². The topological polar surface area (TPSA) is 59.3 Å². The Hall–Kier alpha value is -0.863. The van der Waals surface area contributed by atoms with E-state index in [0.717, 1.165) is 38.5 Å². The molecule has 0 heterocycles. The molecule has 0 amide bonds. The molecule has 168 valence electrons. The standard InChI is InChI=1S/C25H41NO3Si/c1-23-13-7-8-18(22(27)28-3)19(23)10-9-17-20(23)11-14-24(2)21(17)12-15-25(24,16-26)29-30(4,5)6/h17-21H,7-15H2,1-6H3/t17-,18+,19+,20+,21+,23-,24-,25-/m0/s1. The number of carbonyl (C=O) groups is 1. The quantitative estimate of drug-likeness (QED) is 0.410. The molecule has 4 rings (SSSR count). The Morgan fingerprint density at radius 3 is 2.30 bits per heavy atom. The van der Waals surface area contributed by atoms with Crippen molar-refractivity contribution in [3.8, 4) is 6.07 Å². The highest BCUT2D eigenvalue weighted by Crippen LogP contribution is 2.69. The number of ether oxygens (including phenoxy) is 1. The number of nitrogens with zero attached hydrogens (tertiary/aromatic N) is 1. The second-order valence-corrected chi connectivity index (χ2v) is 16.7. The molecule has 0 N–H and O–H groups in total. The lowest BCUT2D eigenvalue weighted by Crippen LogP contribution is -2.59. The van der Waals surface area contributed by atoms with Crippen LogP contribution >= 0.6 is 0 Å². The lowest BCUT2D eigenvalue weighted by atomic mass is 9.43. The third kappa shape index (κ3) is 3.12. The number of esters is 1. The smallest absolute Gasteiger partial charge is 0.308 e. The maximum Gasteiger partial charge on any atom is 0.308 e. The summed E-state index contributed by atoms with van der Waals surface area (Å²) in [6, 6.07) is 2.72. The lowest BCUT2D eigenvalue weighted by molar-refractivity contribution is -0.168. The maximum absolute atomic E-state index is 12.5. The van der Waals surface area contributed by atoms with Crippen LogP contribution in [-0.2, 0) is 14.0 Å². The van der Waals surface area contributed by atoms with Crippen LogP contribution in [0.4, 0.5) is 0 Å². The molecule has 0 spiro atoms. The van der Waals surface area contributed by atoms with Gasteiger partial charge in [0.15, 0.2) is 8.32 Å². The van der Waals surface area contributed by atoms with Gasteiger partial charge < -0.3 is 9.16 Å². The molecule has 0 bridgehead atoms. The monoisotopic (exact) mass is 431 g/mol. The Bertz CT molecular complexity index is 742. The fraction of sp³-hybridized carbons (Fsp3) is 0.920. The maximum atomic E-state index is 12.5. The van der Waals surface area contributed by atoms with Crippen LogP contribution in [0.2, 0.25) is 19.6 Å². The van der Waals surface area contributed by atoms with Gasteiger partial charge in [-0.3, -0.25) is 4.79 Å². The summed E-state index contributed by atoms with van der Waals surface area (Å²) in [7, 11) is -0.279. The van der Waals surface area contributed by atoms with Crippen LogP contribution in [0.1, 0.15) is 71.6 Å². The van der Waals surface area contributed by atoms with E-state index in [2.05, 4.69) is 39.6 Å². The Morgan fingerprint density at radius 1 is 0.967 bits per heavy atom. The van der Waals surface area contributed by atoms with E-state index in [4.69, 9.17) is 9.16 Å². The molecule has 4 fully saturated rings. The summed E-state index contributed by atoms with van der Waals surface area (Å²) in [6.07, 6.45) is 9.99. The third-order valence-electron chi connectivity index (χ3n) is 9.94. The second-order valence-electron chi connectivity index (χ2n) is 12.2. The Labute approximate surface area is 184 Å². The average Bonchev–Trinajstić information content (AvgIpc) is 2.97. The molecule has 4 saturated carbocycles. The summed E-state index contributed by atoms with van der Waals surface area (Å²) in [6.45, 7) is 11.5. The molecule has 30 heavy (non-hydrogen) atoms. The minimum Gasteiger partial charge on any atom is -0.469 e. The fourth-order valence-corrected chi connectivity index (χ4v) is 10.2. The van der Waals surface area contributed by atoms with Gasteiger partial charge in [-0.1, -0.05) is 20.3 Å². The highest BCUT2D eigenvalue weighted by atomic mass is 28.4. The summed E-state index contributed by atoms with van der Waals surface area (Å²) >= 11 is 0. The van der Waals surface area contributed by atoms with Crippen LogP contribution in [0.25, 0.3) is 0 Å². The SMILES string of the molecule is COC(=O)[C@@H]1CCC[C@]2(C)[C@@H]3CC[C@@]4(C)[C@H](CC[C@@]4(C#N)O[Si](C)(C)C)[C@H]3CC[C@H]12. The van der Waals surface area contributed by atoms with Crippen molar-refractivity contribution in [2.24, 2.45) is 40.4 Å². The zero-order valence-corrected chi connectivity index (χ0v) is 20.9. The number of methoxy groups -OCH3 is 1. The largest absolute Gasteiger partial charge is 0.469 e. The van der Waals surface area contributed by atoms with Crippen LogP contribution in [-0.4, -0.2) is 27.0 Å². The minimum atomic E-state index is -1.83. The van der Waals surface area contributed by atoms with Gasteiger partial charge in [-0.25, -0.2) is 0 Å². The first-order chi connectivity index (χ1) is 14.0. The molecule has 4 nitrogen and oxygen atoms in total. The van der Waals surface area contributed by atoms with E-state index in [1.54, 1.807) is 7.11 Å². The molecule has 8 atom stereocenters. The summed E-state index contributed by atoms with van der Waals surface area (Å²) in [5.41, 5.74) is -0.409. The first kappa shape index (κ1) is 22.3. The number of nitriles is 1. The lowest BCUT2D eigenvalue weighted by Gasteiger charge is -2.62. The highest BCUT2D eigenvalue weighted by Gasteiger charge is 2.67. The van der Waals surface area contributed by atoms with E-state index in [-0.39, 0.29) is 22.7 Å². The molecule has 0 aromatic carbocycles. The first-order valence-corrected chi connectivity index (χ1v) is 15.6. The molecule has 5 heteroatoms. The summed E-state index contributed by atoms with van der Waals surface area (Å²) in [4.78, 5) is 12.5.